The van der Waals surface area contributed by atoms with Crippen molar-refractivity contribution >= 4 is 5.91 Å². The van der Waals surface area contributed by atoms with Crippen molar-refractivity contribution in [2.45, 2.75) is 33.2 Å². The van der Waals surface area contributed by atoms with Gasteiger partial charge < -0.3 is 5.32 Å². The summed E-state index contributed by atoms with van der Waals surface area (Å²) >= 11 is 0. The van der Waals surface area contributed by atoms with E-state index < -0.39 is 5.54 Å². The number of hydroxylamine groups is 1. The zero-order valence-corrected chi connectivity index (χ0v) is 8.23. The van der Waals surface area contributed by atoms with Crippen molar-refractivity contribution in [3.63, 3.8) is 0 Å². The van der Waals surface area contributed by atoms with Gasteiger partial charge in [-0.3, -0.25) is 9.63 Å². The van der Waals surface area contributed by atoms with Crippen LogP contribution in [0.15, 0.2) is 0 Å². The molecule has 0 bridgehead atoms. The normalized spacial score (nSPS) is 11.3. The molecular formula is C8H18N2O2. The molecule has 0 saturated carbocycles. The minimum atomic E-state index is -0.566. The second-order valence-electron chi connectivity index (χ2n) is 3.02. The predicted molar refractivity (Wildman–Crippen MR) is 47.5 cm³/mol. The third kappa shape index (κ3) is 3.69. The van der Waals surface area contributed by atoms with E-state index in [0.717, 1.165) is 6.54 Å². The average molecular weight is 174 g/mol. The quantitative estimate of drug-likeness (QED) is 0.595. The number of hydrogen-bond donors (Lipinski definition) is 2. The number of hydrogen-bond acceptors (Lipinski definition) is 3. The summed E-state index contributed by atoms with van der Waals surface area (Å²) in [4.78, 5) is 16.1. The highest BCUT2D eigenvalue weighted by atomic mass is 16.6. The highest BCUT2D eigenvalue weighted by Gasteiger charge is 2.25. The molecule has 0 radical (unpaired) electrons. The molecule has 0 aromatic heterocycles. The van der Waals surface area contributed by atoms with Gasteiger partial charge in [-0.05, 0) is 27.3 Å². The molecule has 0 aliphatic rings. The molecular weight excluding hydrogens is 156 g/mol. The van der Waals surface area contributed by atoms with Crippen molar-refractivity contribution in [2.24, 2.45) is 0 Å². The van der Waals surface area contributed by atoms with E-state index in [0.29, 0.717) is 6.61 Å². The SMILES string of the molecule is CCNC(C)(C)C(=O)NOCC. The molecule has 0 aliphatic heterocycles. The van der Waals surface area contributed by atoms with Gasteiger partial charge in [0, 0.05) is 0 Å². The summed E-state index contributed by atoms with van der Waals surface area (Å²) < 4.78 is 0. The van der Waals surface area contributed by atoms with Crippen LogP contribution >= 0.6 is 0 Å². The van der Waals surface area contributed by atoms with Crippen molar-refractivity contribution in [1.29, 1.82) is 0 Å². The van der Waals surface area contributed by atoms with Crippen molar-refractivity contribution in [3.8, 4) is 0 Å². The summed E-state index contributed by atoms with van der Waals surface area (Å²) in [6.45, 7) is 8.63. The predicted octanol–water partition coefficient (Wildman–Crippen LogP) is 0.442. The zero-order chi connectivity index (χ0) is 9.61. The van der Waals surface area contributed by atoms with Crippen molar-refractivity contribution in [1.82, 2.24) is 10.8 Å². The Hall–Kier alpha value is -0.610. The Morgan fingerprint density at radius 1 is 1.42 bits per heavy atom. The molecule has 0 aliphatic carbocycles. The first-order valence-electron chi connectivity index (χ1n) is 4.21. The van der Waals surface area contributed by atoms with E-state index >= 15 is 0 Å². The number of likely N-dealkylation sites (N-methyl/N-ethyl adjacent to an activating group) is 1. The van der Waals surface area contributed by atoms with Crippen LogP contribution in [0.3, 0.4) is 0 Å². The van der Waals surface area contributed by atoms with Crippen LogP contribution in [0.1, 0.15) is 27.7 Å². The minimum absolute atomic E-state index is 0.147. The van der Waals surface area contributed by atoms with Crippen LogP contribution in [0, 0.1) is 0 Å². The Kier molecular flexibility index (Phi) is 4.85. The maximum absolute atomic E-state index is 11.3. The molecule has 12 heavy (non-hydrogen) atoms. The van der Waals surface area contributed by atoms with Gasteiger partial charge in [-0.25, -0.2) is 5.48 Å². The first kappa shape index (κ1) is 11.4. The van der Waals surface area contributed by atoms with E-state index in [1.54, 1.807) is 0 Å². The van der Waals surface area contributed by atoms with Gasteiger partial charge in [0.1, 0.15) is 0 Å². The molecule has 0 aromatic carbocycles. The monoisotopic (exact) mass is 174 g/mol. The fraction of sp³-hybridized carbons (Fsp3) is 0.875. The van der Waals surface area contributed by atoms with Gasteiger partial charge in [0.05, 0.1) is 12.1 Å². The van der Waals surface area contributed by atoms with Crippen LogP contribution in [0.25, 0.3) is 0 Å². The molecule has 0 heterocycles. The van der Waals surface area contributed by atoms with Crippen LogP contribution in [0.2, 0.25) is 0 Å². The zero-order valence-electron chi connectivity index (χ0n) is 8.23. The third-order valence-electron chi connectivity index (χ3n) is 1.50. The van der Waals surface area contributed by atoms with Gasteiger partial charge in [-0.1, -0.05) is 6.92 Å². The minimum Gasteiger partial charge on any atom is -0.304 e. The lowest BCUT2D eigenvalue weighted by molar-refractivity contribution is -0.138. The molecule has 72 valence electrons. The molecule has 2 N–H and O–H groups in total. The summed E-state index contributed by atoms with van der Waals surface area (Å²) in [6, 6.07) is 0. The number of rotatable bonds is 5. The molecule has 0 rings (SSSR count). The summed E-state index contributed by atoms with van der Waals surface area (Å²) in [5.74, 6) is -0.147. The largest absolute Gasteiger partial charge is 0.304 e. The third-order valence-corrected chi connectivity index (χ3v) is 1.50. The molecule has 0 atom stereocenters. The molecule has 0 saturated heterocycles. The van der Waals surface area contributed by atoms with E-state index in [9.17, 15) is 4.79 Å². The standard InChI is InChI=1S/C8H18N2O2/c1-5-9-8(3,4)7(11)10-12-6-2/h9H,5-6H2,1-4H3,(H,10,11). The molecule has 0 unspecified atom stereocenters. The first-order valence-corrected chi connectivity index (χ1v) is 4.21. The second kappa shape index (κ2) is 5.11. The second-order valence-corrected chi connectivity index (χ2v) is 3.02. The van der Waals surface area contributed by atoms with Crippen LogP contribution in [-0.2, 0) is 9.63 Å². The van der Waals surface area contributed by atoms with Crippen molar-refractivity contribution < 1.29 is 9.63 Å². The van der Waals surface area contributed by atoms with Crippen LogP contribution in [-0.4, -0.2) is 24.6 Å². The van der Waals surface area contributed by atoms with Crippen LogP contribution < -0.4 is 10.8 Å². The molecule has 1 amide bonds. The number of carbonyl (C=O) groups excluding carboxylic acids is 1. The highest BCUT2D eigenvalue weighted by Crippen LogP contribution is 2.00. The fourth-order valence-electron chi connectivity index (χ4n) is 0.788. The molecule has 0 spiro atoms. The lowest BCUT2D eigenvalue weighted by Gasteiger charge is -2.23. The molecule has 0 fully saturated rings. The van der Waals surface area contributed by atoms with Gasteiger partial charge >= 0.3 is 0 Å². The number of nitrogens with one attached hydrogen (secondary N) is 2. The summed E-state index contributed by atoms with van der Waals surface area (Å²) in [6.07, 6.45) is 0. The smallest absolute Gasteiger partial charge is 0.263 e. The average Bonchev–Trinajstić information content (AvgIpc) is 2.00. The van der Waals surface area contributed by atoms with Crippen LogP contribution in [0.4, 0.5) is 0 Å². The Balaban J connectivity index is 3.88. The summed E-state index contributed by atoms with van der Waals surface area (Å²) in [5, 5.41) is 3.04. The number of amides is 1. The Bertz CT molecular complexity index is 146. The van der Waals surface area contributed by atoms with Gasteiger partial charge in [-0.2, -0.15) is 0 Å². The maximum atomic E-state index is 11.3. The highest BCUT2D eigenvalue weighted by molar-refractivity contribution is 5.84. The van der Waals surface area contributed by atoms with Crippen molar-refractivity contribution in [3.05, 3.63) is 0 Å². The van der Waals surface area contributed by atoms with Crippen molar-refractivity contribution in [2.75, 3.05) is 13.2 Å². The molecule has 0 aromatic rings. The van der Waals surface area contributed by atoms with E-state index in [4.69, 9.17) is 4.84 Å². The fourth-order valence-corrected chi connectivity index (χ4v) is 0.788. The molecule has 4 nitrogen and oxygen atoms in total. The summed E-state index contributed by atoms with van der Waals surface area (Å²) in [7, 11) is 0. The van der Waals surface area contributed by atoms with Gasteiger partial charge in [0.2, 0.25) is 0 Å². The maximum Gasteiger partial charge on any atom is 0.263 e. The van der Waals surface area contributed by atoms with Gasteiger partial charge in [0.15, 0.2) is 0 Å². The Morgan fingerprint density at radius 3 is 2.42 bits per heavy atom. The van der Waals surface area contributed by atoms with E-state index in [1.165, 1.54) is 0 Å². The first-order chi connectivity index (χ1) is 5.54. The van der Waals surface area contributed by atoms with E-state index in [2.05, 4.69) is 10.8 Å². The topological polar surface area (TPSA) is 50.4 Å². The number of carbonyl (C=O) groups is 1. The van der Waals surface area contributed by atoms with E-state index in [1.807, 2.05) is 27.7 Å². The Labute approximate surface area is 73.6 Å². The van der Waals surface area contributed by atoms with Gasteiger partial charge in [0.25, 0.3) is 5.91 Å². The van der Waals surface area contributed by atoms with E-state index in [-0.39, 0.29) is 5.91 Å². The lowest BCUT2D eigenvalue weighted by Crippen LogP contribution is -2.52. The lowest BCUT2D eigenvalue weighted by atomic mass is 10.1. The van der Waals surface area contributed by atoms with Crippen LogP contribution in [0.5, 0.6) is 0 Å². The summed E-state index contributed by atoms with van der Waals surface area (Å²) in [5.41, 5.74) is 1.79. The Morgan fingerprint density at radius 2 is 2.00 bits per heavy atom. The van der Waals surface area contributed by atoms with Gasteiger partial charge in [-0.15, -0.1) is 0 Å². The molecule has 4 heteroatoms.